The summed E-state index contributed by atoms with van der Waals surface area (Å²) in [6.07, 6.45) is 7.81. The van der Waals surface area contributed by atoms with E-state index in [1.54, 1.807) is 17.7 Å². The molecule has 0 aliphatic heterocycles. The number of rotatable bonds is 5. The van der Waals surface area contributed by atoms with Crippen LogP contribution < -0.4 is 10.5 Å². The fraction of sp³-hybridized carbons (Fsp3) is 0.526. The molecule has 4 rings (SSSR count). The highest BCUT2D eigenvalue weighted by Crippen LogP contribution is 2.49. The Hall–Kier alpha value is -1.99. The summed E-state index contributed by atoms with van der Waals surface area (Å²) in [6.45, 7) is 3.96. The van der Waals surface area contributed by atoms with Crippen molar-refractivity contribution in [1.29, 1.82) is 0 Å². The number of nitrogens with two attached hydrogens (primary N) is 1. The molecule has 2 aliphatic carbocycles. The number of aliphatic hydroxyl groups is 1. The fourth-order valence-corrected chi connectivity index (χ4v) is 5.33. The van der Waals surface area contributed by atoms with Crippen molar-refractivity contribution < 1.29 is 14.6 Å². The second-order valence-electron chi connectivity index (χ2n) is 7.15. The Morgan fingerprint density at radius 1 is 1.31 bits per heavy atom. The predicted molar refractivity (Wildman–Crippen MR) is 100 cm³/mol. The van der Waals surface area contributed by atoms with Gasteiger partial charge >= 0.3 is 0 Å². The van der Waals surface area contributed by atoms with Crippen LogP contribution in [-0.2, 0) is 11.2 Å². The van der Waals surface area contributed by atoms with E-state index in [0.29, 0.717) is 11.5 Å². The zero-order valence-corrected chi connectivity index (χ0v) is 15.4. The second-order valence-corrected chi connectivity index (χ2v) is 8.23. The zero-order valence-electron chi connectivity index (χ0n) is 14.6. The third-order valence-electron chi connectivity index (χ3n) is 5.47. The molecular formula is C19H23N3O3S. The lowest BCUT2D eigenvalue weighted by Gasteiger charge is -2.23. The van der Waals surface area contributed by atoms with Crippen LogP contribution in [0.25, 0.3) is 10.2 Å². The molecule has 0 spiro atoms. The van der Waals surface area contributed by atoms with E-state index in [1.165, 1.54) is 24.1 Å². The lowest BCUT2D eigenvalue weighted by atomic mass is 9.89. The molecule has 0 aromatic carbocycles. The SMILES string of the molecule is C=C(C(O)C(N)=O)C1CCc2sc3ncnc(OC4CCCCC4)c3c21. The van der Waals surface area contributed by atoms with Gasteiger partial charge in [-0.05, 0) is 49.7 Å². The molecule has 0 bridgehead atoms. The maximum atomic E-state index is 11.4. The van der Waals surface area contributed by atoms with Crippen molar-refractivity contribution in [2.75, 3.05) is 0 Å². The van der Waals surface area contributed by atoms with Crippen molar-refractivity contribution in [3.8, 4) is 5.88 Å². The highest BCUT2D eigenvalue weighted by atomic mass is 32.1. The predicted octanol–water partition coefficient (Wildman–Crippen LogP) is 2.84. The van der Waals surface area contributed by atoms with Gasteiger partial charge in [-0.3, -0.25) is 4.79 Å². The maximum Gasteiger partial charge on any atom is 0.250 e. The summed E-state index contributed by atoms with van der Waals surface area (Å²) < 4.78 is 6.26. The molecule has 1 amide bonds. The smallest absolute Gasteiger partial charge is 0.250 e. The van der Waals surface area contributed by atoms with Crippen molar-refractivity contribution in [2.45, 2.75) is 63.1 Å². The number of aliphatic hydroxyl groups excluding tert-OH is 1. The van der Waals surface area contributed by atoms with Gasteiger partial charge in [0.05, 0.1) is 5.39 Å². The molecular weight excluding hydrogens is 350 g/mol. The van der Waals surface area contributed by atoms with Crippen LogP contribution in [0.2, 0.25) is 0 Å². The molecule has 138 valence electrons. The number of amides is 1. The first-order valence-electron chi connectivity index (χ1n) is 9.15. The van der Waals surface area contributed by atoms with Crippen LogP contribution in [0, 0.1) is 0 Å². The molecule has 0 radical (unpaired) electrons. The van der Waals surface area contributed by atoms with Gasteiger partial charge in [0.1, 0.15) is 17.3 Å². The highest BCUT2D eigenvalue weighted by molar-refractivity contribution is 7.19. The summed E-state index contributed by atoms with van der Waals surface area (Å²) in [5.74, 6) is -0.272. The summed E-state index contributed by atoms with van der Waals surface area (Å²) in [7, 11) is 0. The third kappa shape index (κ3) is 2.99. The monoisotopic (exact) mass is 373 g/mol. The zero-order chi connectivity index (χ0) is 18.3. The van der Waals surface area contributed by atoms with Gasteiger partial charge in [-0.2, -0.15) is 0 Å². The van der Waals surface area contributed by atoms with Gasteiger partial charge in [-0.15, -0.1) is 11.3 Å². The number of primary amides is 1. The number of carbonyl (C=O) groups excluding carboxylic acids is 1. The van der Waals surface area contributed by atoms with Crippen LogP contribution in [0.4, 0.5) is 0 Å². The maximum absolute atomic E-state index is 11.4. The number of ether oxygens (including phenoxy) is 1. The van der Waals surface area contributed by atoms with Crippen LogP contribution in [-0.4, -0.2) is 33.2 Å². The molecule has 2 aromatic heterocycles. The van der Waals surface area contributed by atoms with Crippen molar-refractivity contribution >= 4 is 27.5 Å². The first-order valence-corrected chi connectivity index (χ1v) is 9.97. The van der Waals surface area contributed by atoms with Crippen LogP contribution >= 0.6 is 11.3 Å². The molecule has 2 aromatic rings. The van der Waals surface area contributed by atoms with Crippen molar-refractivity contribution in [1.82, 2.24) is 9.97 Å². The van der Waals surface area contributed by atoms with E-state index in [1.807, 2.05) is 0 Å². The Labute approximate surface area is 156 Å². The number of hydrogen-bond acceptors (Lipinski definition) is 6. The summed E-state index contributed by atoms with van der Waals surface area (Å²) in [5.41, 5.74) is 6.77. The first-order chi connectivity index (χ1) is 12.6. The number of fused-ring (bicyclic) bond motifs is 3. The topological polar surface area (TPSA) is 98.3 Å². The molecule has 1 fully saturated rings. The van der Waals surface area contributed by atoms with E-state index >= 15 is 0 Å². The van der Waals surface area contributed by atoms with Gasteiger partial charge in [-0.1, -0.05) is 13.0 Å². The van der Waals surface area contributed by atoms with Crippen LogP contribution in [0.15, 0.2) is 18.5 Å². The number of thiophene rings is 1. The van der Waals surface area contributed by atoms with Gasteiger partial charge in [0.25, 0.3) is 5.91 Å². The lowest BCUT2D eigenvalue weighted by Crippen LogP contribution is -2.31. The quantitative estimate of drug-likeness (QED) is 0.785. The van der Waals surface area contributed by atoms with E-state index in [4.69, 9.17) is 10.5 Å². The number of carbonyl (C=O) groups is 1. The van der Waals surface area contributed by atoms with Gasteiger partial charge in [0.15, 0.2) is 6.10 Å². The number of nitrogens with zero attached hydrogens (tertiary/aromatic N) is 2. The van der Waals surface area contributed by atoms with Crippen LogP contribution in [0.3, 0.4) is 0 Å². The Balaban J connectivity index is 1.72. The second kappa shape index (κ2) is 6.96. The molecule has 2 atom stereocenters. The van der Waals surface area contributed by atoms with E-state index < -0.39 is 12.0 Å². The number of aryl methyl sites for hydroxylation is 1. The normalized spacial score (nSPS) is 21.5. The van der Waals surface area contributed by atoms with Gasteiger partial charge in [0.2, 0.25) is 5.88 Å². The average molecular weight is 373 g/mol. The van der Waals surface area contributed by atoms with Crippen molar-refractivity contribution in [3.63, 3.8) is 0 Å². The van der Waals surface area contributed by atoms with E-state index in [9.17, 15) is 9.90 Å². The molecule has 2 aliphatic rings. The largest absolute Gasteiger partial charge is 0.474 e. The Morgan fingerprint density at radius 3 is 2.81 bits per heavy atom. The van der Waals surface area contributed by atoms with Gasteiger partial charge in [0, 0.05) is 10.8 Å². The summed E-state index contributed by atoms with van der Waals surface area (Å²) >= 11 is 1.63. The molecule has 2 unspecified atom stereocenters. The molecule has 7 heteroatoms. The van der Waals surface area contributed by atoms with Gasteiger partial charge < -0.3 is 15.6 Å². The minimum absolute atomic E-state index is 0.124. The van der Waals surface area contributed by atoms with Gasteiger partial charge in [-0.25, -0.2) is 9.97 Å². The minimum Gasteiger partial charge on any atom is -0.474 e. The third-order valence-corrected chi connectivity index (χ3v) is 6.65. The summed E-state index contributed by atoms with van der Waals surface area (Å²) in [4.78, 5) is 22.3. The number of hydrogen-bond donors (Lipinski definition) is 2. The Morgan fingerprint density at radius 2 is 2.08 bits per heavy atom. The van der Waals surface area contributed by atoms with Crippen LogP contribution in [0.5, 0.6) is 5.88 Å². The molecule has 0 saturated heterocycles. The highest BCUT2D eigenvalue weighted by Gasteiger charge is 2.35. The molecule has 1 saturated carbocycles. The summed E-state index contributed by atoms with van der Waals surface area (Å²) in [6, 6.07) is 0. The fourth-order valence-electron chi connectivity index (χ4n) is 4.12. The molecule has 26 heavy (non-hydrogen) atoms. The molecule has 6 nitrogen and oxygen atoms in total. The van der Waals surface area contributed by atoms with Crippen molar-refractivity contribution in [3.05, 3.63) is 28.9 Å². The van der Waals surface area contributed by atoms with E-state index in [0.717, 1.165) is 41.5 Å². The van der Waals surface area contributed by atoms with E-state index in [-0.39, 0.29) is 12.0 Å². The minimum atomic E-state index is -1.34. The lowest BCUT2D eigenvalue weighted by molar-refractivity contribution is -0.124. The van der Waals surface area contributed by atoms with Crippen molar-refractivity contribution in [2.24, 2.45) is 5.73 Å². The Kier molecular flexibility index (Phi) is 4.67. The summed E-state index contributed by atoms with van der Waals surface area (Å²) in [5, 5.41) is 11.0. The number of aromatic nitrogens is 2. The standard InChI is InChI=1S/C19H23N3O3S/c1-10(16(23)17(20)24)12-7-8-13-14(12)15-18(21-9-22-19(15)26-13)25-11-5-3-2-4-6-11/h9,11-12,16,23H,1-8H2,(H2,20,24). The van der Waals surface area contributed by atoms with Crippen LogP contribution in [0.1, 0.15) is 54.9 Å². The average Bonchev–Trinajstić information content (AvgIpc) is 3.20. The Bertz CT molecular complexity index is 857. The molecule has 3 N–H and O–H groups in total. The molecule has 2 heterocycles. The first kappa shape index (κ1) is 17.4. The van der Waals surface area contributed by atoms with E-state index in [2.05, 4.69) is 16.5 Å².